The third-order valence-corrected chi connectivity index (χ3v) is 4.08. The molecule has 7 heteroatoms. The molecule has 2 aromatic rings. The fourth-order valence-corrected chi connectivity index (χ4v) is 2.96. The van der Waals surface area contributed by atoms with Crippen molar-refractivity contribution >= 4 is 28.4 Å². The summed E-state index contributed by atoms with van der Waals surface area (Å²) < 4.78 is 0. The number of H-pyrrole nitrogens is 1. The molecule has 0 bridgehead atoms. The number of amides is 2. The first-order valence-electron chi connectivity index (χ1n) is 8.00. The topological polar surface area (TPSA) is 95.2 Å². The molecule has 1 aliphatic rings. The van der Waals surface area contributed by atoms with Crippen molar-refractivity contribution < 1.29 is 9.59 Å². The monoisotopic (exact) mass is 328 g/mol. The number of rotatable bonds is 4. The molecule has 3 rings (SSSR count). The van der Waals surface area contributed by atoms with Gasteiger partial charge in [0.15, 0.2) is 0 Å². The van der Waals surface area contributed by atoms with E-state index in [0.29, 0.717) is 35.6 Å². The second kappa shape index (κ2) is 6.43. The number of aromatic nitrogens is 2. The van der Waals surface area contributed by atoms with Crippen LogP contribution >= 0.6 is 0 Å². The maximum atomic E-state index is 12.4. The zero-order valence-corrected chi connectivity index (χ0v) is 13.7. The van der Waals surface area contributed by atoms with Gasteiger partial charge in [-0.15, -0.1) is 0 Å². The molecule has 1 aliphatic heterocycles. The van der Waals surface area contributed by atoms with Crippen molar-refractivity contribution in [1.82, 2.24) is 14.9 Å². The number of benzene rings is 1. The lowest BCUT2D eigenvalue weighted by molar-refractivity contribution is -0.128. The van der Waals surface area contributed by atoms with Crippen LogP contribution in [-0.2, 0) is 9.59 Å². The molecule has 2 heterocycles. The van der Waals surface area contributed by atoms with Crippen LogP contribution in [0.25, 0.3) is 10.9 Å². The Labute approximate surface area is 139 Å². The number of carbonyl (C=O) groups is 2. The van der Waals surface area contributed by atoms with Gasteiger partial charge in [0.05, 0.1) is 23.1 Å². The van der Waals surface area contributed by atoms with Crippen molar-refractivity contribution in [3.8, 4) is 0 Å². The molecule has 24 heavy (non-hydrogen) atoms. The van der Waals surface area contributed by atoms with E-state index in [1.165, 1.54) is 6.33 Å². The zero-order chi connectivity index (χ0) is 17.3. The van der Waals surface area contributed by atoms with Crippen molar-refractivity contribution in [2.45, 2.75) is 20.3 Å². The van der Waals surface area contributed by atoms with Gasteiger partial charge in [0.1, 0.15) is 0 Å². The average molecular weight is 328 g/mol. The number of hydrogen-bond acceptors (Lipinski definition) is 4. The first-order valence-corrected chi connectivity index (χ1v) is 8.00. The summed E-state index contributed by atoms with van der Waals surface area (Å²) in [6.45, 7) is 5.20. The van der Waals surface area contributed by atoms with E-state index in [4.69, 9.17) is 0 Å². The second-order valence-corrected chi connectivity index (χ2v) is 6.55. The van der Waals surface area contributed by atoms with Crippen LogP contribution in [0.4, 0.5) is 5.69 Å². The van der Waals surface area contributed by atoms with Gasteiger partial charge in [-0.25, -0.2) is 4.98 Å². The Balaban J connectivity index is 1.72. The Hall–Kier alpha value is -2.70. The van der Waals surface area contributed by atoms with Crippen LogP contribution in [0.2, 0.25) is 0 Å². The summed E-state index contributed by atoms with van der Waals surface area (Å²) in [5.41, 5.74) is 0.840. The zero-order valence-electron chi connectivity index (χ0n) is 13.7. The summed E-state index contributed by atoms with van der Waals surface area (Å²) in [7, 11) is 0. The summed E-state index contributed by atoms with van der Waals surface area (Å²) >= 11 is 0. The van der Waals surface area contributed by atoms with Gasteiger partial charge in [0.2, 0.25) is 11.8 Å². The van der Waals surface area contributed by atoms with Crippen LogP contribution in [0.5, 0.6) is 0 Å². The van der Waals surface area contributed by atoms with E-state index in [-0.39, 0.29) is 29.7 Å². The molecule has 0 aliphatic carbocycles. The lowest BCUT2D eigenvalue weighted by atomic mass is 10.1. The smallest absolute Gasteiger partial charge is 0.258 e. The van der Waals surface area contributed by atoms with Crippen molar-refractivity contribution in [1.29, 1.82) is 0 Å². The van der Waals surface area contributed by atoms with Crippen LogP contribution in [-0.4, -0.2) is 39.8 Å². The highest BCUT2D eigenvalue weighted by atomic mass is 16.2. The van der Waals surface area contributed by atoms with Crippen LogP contribution < -0.4 is 10.9 Å². The number of nitrogens with one attached hydrogen (secondary N) is 2. The van der Waals surface area contributed by atoms with E-state index >= 15 is 0 Å². The number of hydrogen-bond donors (Lipinski definition) is 2. The van der Waals surface area contributed by atoms with Crippen LogP contribution in [0.3, 0.4) is 0 Å². The number of aromatic amines is 1. The quantitative estimate of drug-likeness (QED) is 0.886. The molecule has 2 amide bonds. The predicted octanol–water partition coefficient (Wildman–Crippen LogP) is 1.37. The van der Waals surface area contributed by atoms with Gasteiger partial charge in [0, 0.05) is 25.2 Å². The van der Waals surface area contributed by atoms with Crippen LogP contribution in [0, 0.1) is 11.8 Å². The molecular formula is C17H20N4O3. The number of carbonyl (C=O) groups excluding carboxylic acids is 2. The molecule has 7 nitrogen and oxygen atoms in total. The van der Waals surface area contributed by atoms with Crippen molar-refractivity contribution in [3.63, 3.8) is 0 Å². The van der Waals surface area contributed by atoms with E-state index in [9.17, 15) is 14.4 Å². The van der Waals surface area contributed by atoms with Crippen molar-refractivity contribution in [3.05, 3.63) is 34.9 Å². The summed E-state index contributed by atoms with van der Waals surface area (Å²) in [6, 6.07) is 4.99. The van der Waals surface area contributed by atoms with Gasteiger partial charge in [-0.2, -0.15) is 0 Å². The number of fused-ring (bicyclic) bond motifs is 1. The standard InChI is InChI=1S/C17H20N4O3/c1-10(2)7-21-8-11(5-15(21)22)16(23)20-12-3-4-14-13(6-12)17(24)19-9-18-14/h3-4,6,9-11H,5,7-8H2,1-2H3,(H,20,23)(H,18,19,24). The van der Waals surface area contributed by atoms with Crippen LogP contribution in [0.1, 0.15) is 20.3 Å². The summed E-state index contributed by atoms with van der Waals surface area (Å²) in [6.07, 6.45) is 1.57. The van der Waals surface area contributed by atoms with E-state index in [1.54, 1.807) is 23.1 Å². The Bertz CT molecular complexity index is 843. The highest BCUT2D eigenvalue weighted by molar-refractivity contribution is 5.98. The predicted molar refractivity (Wildman–Crippen MR) is 90.5 cm³/mol. The molecule has 1 aromatic carbocycles. The van der Waals surface area contributed by atoms with Gasteiger partial charge in [0.25, 0.3) is 5.56 Å². The van der Waals surface area contributed by atoms with Gasteiger partial charge in [-0.3, -0.25) is 14.4 Å². The Morgan fingerprint density at radius 1 is 1.42 bits per heavy atom. The SMILES string of the molecule is CC(C)CN1CC(C(=O)Nc2ccc3nc[nH]c(=O)c3c2)CC1=O. The number of nitrogens with zero attached hydrogens (tertiary/aromatic N) is 2. The van der Waals surface area contributed by atoms with Crippen molar-refractivity contribution in [2.24, 2.45) is 11.8 Å². The molecule has 126 valence electrons. The normalized spacial score (nSPS) is 17.7. The van der Waals surface area contributed by atoms with Crippen LogP contribution in [0.15, 0.2) is 29.3 Å². The van der Waals surface area contributed by atoms with Crippen molar-refractivity contribution in [2.75, 3.05) is 18.4 Å². The Kier molecular flexibility index (Phi) is 4.33. The van der Waals surface area contributed by atoms with E-state index in [1.807, 2.05) is 13.8 Å². The van der Waals surface area contributed by atoms with Gasteiger partial charge >= 0.3 is 0 Å². The largest absolute Gasteiger partial charge is 0.342 e. The highest BCUT2D eigenvalue weighted by Crippen LogP contribution is 2.21. The summed E-state index contributed by atoms with van der Waals surface area (Å²) in [5, 5.41) is 3.22. The second-order valence-electron chi connectivity index (χ2n) is 6.55. The highest BCUT2D eigenvalue weighted by Gasteiger charge is 2.34. The van der Waals surface area contributed by atoms with E-state index < -0.39 is 0 Å². The maximum absolute atomic E-state index is 12.4. The lowest BCUT2D eigenvalue weighted by Crippen LogP contribution is -2.31. The molecule has 0 spiro atoms. The molecule has 1 unspecified atom stereocenters. The fourth-order valence-electron chi connectivity index (χ4n) is 2.96. The minimum Gasteiger partial charge on any atom is -0.342 e. The minimum absolute atomic E-state index is 0.0167. The molecule has 1 aromatic heterocycles. The number of anilines is 1. The summed E-state index contributed by atoms with van der Waals surface area (Å²) in [4.78, 5) is 44.5. The molecular weight excluding hydrogens is 308 g/mol. The van der Waals surface area contributed by atoms with Gasteiger partial charge in [-0.1, -0.05) is 13.8 Å². The molecule has 1 saturated heterocycles. The molecule has 0 radical (unpaired) electrons. The first-order chi connectivity index (χ1) is 11.4. The maximum Gasteiger partial charge on any atom is 0.258 e. The third-order valence-electron chi connectivity index (χ3n) is 4.08. The number of likely N-dealkylation sites (tertiary alicyclic amines) is 1. The Morgan fingerprint density at radius 3 is 2.96 bits per heavy atom. The fraction of sp³-hybridized carbons (Fsp3) is 0.412. The molecule has 1 fully saturated rings. The van der Waals surface area contributed by atoms with Gasteiger partial charge in [-0.05, 0) is 24.1 Å². The third kappa shape index (κ3) is 3.29. The van der Waals surface area contributed by atoms with E-state index in [2.05, 4.69) is 15.3 Å². The molecule has 1 atom stereocenters. The lowest BCUT2D eigenvalue weighted by Gasteiger charge is -2.18. The first kappa shape index (κ1) is 16.2. The summed E-state index contributed by atoms with van der Waals surface area (Å²) in [5.74, 6) is -0.174. The molecule has 2 N–H and O–H groups in total. The molecule has 0 saturated carbocycles. The average Bonchev–Trinajstić information content (AvgIpc) is 2.88. The van der Waals surface area contributed by atoms with E-state index in [0.717, 1.165) is 0 Å². The van der Waals surface area contributed by atoms with Gasteiger partial charge < -0.3 is 15.2 Å². The Morgan fingerprint density at radius 2 is 2.21 bits per heavy atom. The minimum atomic E-state index is -0.362.